The molecule has 1 atom stereocenters. The Bertz CT molecular complexity index is 694. The lowest BCUT2D eigenvalue weighted by Gasteiger charge is -2.15. The highest BCUT2D eigenvalue weighted by molar-refractivity contribution is 5.96. The molecule has 0 aliphatic rings. The summed E-state index contributed by atoms with van der Waals surface area (Å²) in [5.74, 6) is -0.295. The van der Waals surface area contributed by atoms with Crippen molar-refractivity contribution < 1.29 is 14.3 Å². The lowest BCUT2D eigenvalue weighted by Crippen LogP contribution is -2.41. The standard InChI is InChI=1S/C19H22N2O3/c1-13-9-14(2)11-17(10-13)21-18(22)15(3)20-19(23)24-12-16-7-5-4-6-8-16/h4-11,15H,12H2,1-3H3,(H,20,23)(H,21,22)/t15-/m1/s1. The van der Waals surface area contributed by atoms with Gasteiger partial charge in [-0.2, -0.15) is 0 Å². The zero-order valence-electron chi connectivity index (χ0n) is 14.1. The molecule has 2 rings (SSSR count). The average Bonchev–Trinajstić information content (AvgIpc) is 2.53. The number of benzene rings is 2. The smallest absolute Gasteiger partial charge is 0.408 e. The van der Waals surface area contributed by atoms with Gasteiger partial charge in [0.15, 0.2) is 0 Å². The summed E-state index contributed by atoms with van der Waals surface area (Å²) in [6.45, 7) is 5.70. The molecular weight excluding hydrogens is 304 g/mol. The molecule has 0 spiro atoms. The Balaban J connectivity index is 1.83. The average molecular weight is 326 g/mol. The summed E-state index contributed by atoms with van der Waals surface area (Å²) in [7, 11) is 0. The summed E-state index contributed by atoms with van der Waals surface area (Å²) >= 11 is 0. The van der Waals surface area contributed by atoms with Crippen molar-refractivity contribution in [2.24, 2.45) is 0 Å². The lowest BCUT2D eigenvalue weighted by molar-refractivity contribution is -0.117. The predicted molar refractivity (Wildman–Crippen MR) is 93.8 cm³/mol. The summed E-state index contributed by atoms with van der Waals surface area (Å²) in [6, 6.07) is 14.5. The normalized spacial score (nSPS) is 11.5. The van der Waals surface area contributed by atoms with Crippen molar-refractivity contribution in [2.45, 2.75) is 33.4 Å². The predicted octanol–water partition coefficient (Wildman–Crippen LogP) is 3.56. The van der Waals surface area contributed by atoms with E-state index in [2.05, 4.69) is 10.6 Å². The van der Waals surface area contributed by atoms with Gasteiger partial charge in [0.05, 0.1) is 0 Å². The van der Waals surface area contributed by atoms with Gasteiger partial charge in [-0.15, -0.1) is 0 Å². The van der Waals surface area contributed by atoms with Crippen LogP contribution in [0, 0.1) is 13.8 Å². The van der Waals surface area contributed by atoms with Crippen LogP contribution in [0.2, 0.25) is 0 Å². The van der Waals surface area contributed by atoms with Gasteiger partial charge in [-0.25, -0.2) is 4.79 Å². The number of alkyl carbamates (subject to hydrolysis) is 1. The van der Waals surface area contributed by atoms with Gasteiger partial charge in [-0.05, 0) is 49.6 Å². The first-order valence-electron chi connectivity index (χ1n) is 7.80. The second-order valence-corrected chi connectivity index (χ2v) is 5.79. The molecule has 0 saturated carbocycles. The highest BCUT2D eigenvalue weighted by atomic mass is 16.5. The molecule has 2 N–H and O–H groups in total. The zero-order valence-corrected chi connectivity index (χ0v) is 14.1. The minimum Gasteiger partial charge on any atom is -0.445 e. The minimum atomic E-state index is -0.700. The number of nitrogens with one attached hydrogen (secondary N) is 2. The molecule has 2 aromatic rings. The van der Waals surface area contributed by atoms with Crippen LogP contribution in [0.3, 0.4) is 0 Å². The molecule has 24 heavy (non-hydrogen) atoms. The van der Waals surface area contributed by atoms with Crippen LogP contribution >= 0.6 is 0 Å². The molecular formula is C19H22N2O3. The molecule has 5 nitrogen and oxygen atoms in total. The molecule has 0 fully saturated rings. The van der Waals surface area contributed by atoms with E-state index in [0.717, 1.165) is 16.7 Å². The third-order valence-electron chi connectivity index (χ3n) is 3.43. The fourth-order valence-electron chi connectivity index (χ4n) is 2.30. The number of anilines is 1. The Labute approximate surface area is 142 Å². The largest absolute Gasteiger partial charge is 0.445 e. The maximum Gasteiger partial charge on any atom is 0.408 e. The third kappa shape index (κ3) is 5.43. The first-order valence-corrected chi connectivity index (χ1v) is 7.80. The summed E-state index contributed by atoms with van der Waals surface area (Å²) < 4.78 is 5.11. The number of ether oxygens (including phenoxy) is 1. The van der Waals surface area contributed by atoms with Crippen LogP contribution in [0.25, 0.3) is 0 Å². The minimum absolute atomic E-state index is 0.165. The number of carbonyl (C=O) groups is 2. The summed E-state index contributed by atoms with van der Waals surface area (Å²) in [5, 5.41) is 5.32. The van der Waals surface area contributed by atoms with Crippen LogP contribution in [0.15, 0.2) is 48.5 Å². The molecule has 0 aromatic heterocycles. The van der Waals surface area contributed by atoms with Gasteiger partial charge in [0, 0.05) is 5.69 Å². The monoisotopic (exact) mass is 326 g/mol. The van der Waals surface area contributed by atoms with E-state index in [1.54, 1.807) is 6.92 Å². The summed E-state index contributed by atoms with van der Waals surface area (Å²) in [5.41, 5.74) is 3.73. The van der Waals surface area contributed by atoms with Crippen molar-refractivity contribution in [3.8, 4) is 0 Å². The van der Waals surface area contributed by atoms with E-state index in [9.17, 15) is 9.59 Å². The number of rotatable bonds is 5. The van der Waals surface area contributed by atoms with Gasteiger partial charge in [0.1, 0.15) is 12.6 Å². The van der Waals surface area contributed by atoms with Crippen LogP contribution < -0.4 is 10.6 Å². The van der Waals surface area contributed by atoms with Crippen LogP contribution in [-0.2, 0) is 16.1 Å². The Hall–Kier alpha value is -2.82. The van der Waals surface area contributed by atoms with Crippen LogP contribution in [0.4, 0.5) is 10.5 Å². The maximum absolute atomic E-state index is 12.2. The third-order valence-corrected chi connectivity index (χ3v) is 3.43. The van der Waals surface area contributed by atoms with E-state index in [1.165, 1.54) is 0 Å². The van der Waals surface area contributed by atoms with Gasteiger partial charge in [-0.1, -0.05) is 36.4 Å². The summed E-state index contributed by atoms with van der Waals surface area (Å²) in [6.07, 6.45) is -0.623. The van der Waals surface area contributed by atoms with Crippen molar-refractivity contribution >= 4 is 17.7 Å². The van der Waals surface area contributed by atoms with Crippen LogP contribution in [-0.4, -0.2) is 18.0 Å². The van der Waals surface area contributed by atoms with E-state index in [1.807, 2.05) is 62.4 Å². The highest BCUT2D eigenvalue weighted by Gasteiger charge is 2.16. The van der Waals surface area contributed by atoms with Crippen LogP contribution in [0.1, 0.15) is 23.6 Å². The van der Waals surface area contributed by atoms with E-state index < -0.39 is 12.1 Å². The van der Waals surface area contributed by atoms with Gasteiger partial charge < -0.3 is 15.4 Å². The van der Waals surface area contributed by atoms with Crippen molar-refractivity contribution in [2.75, 3.05) is 5.32 Å². The Kier molecular flexibility index (Phi) is 5.95. The van der Waals surface area contributed by atoms with Crippen molar-refractivity contribution in [3.05, 3.63) is 65.2 Å². The molecule has 0 aliphatic carbocycles. The lowest BCUT2D eigenvalue weighted by atomic mass is 10.1. The molecule has 0 saturated heterocycles. The van der Waals surface area contributed by atoms with Gasteiger partial charge in [-0.3, -0.25) is 4.79 Å². The molecule has 126 valence electrons. The second kappa shape index (κ2) is 8.15. The molecule has 0 aliphatic heterocycles. The Morgan fingerprint density at radius 3 is 2.29 bits per heavy atom. The van der Waals surface area contributed by atoms with Gasteiger partial charge in [0.25, 0.3) is 0 Å². The number of aryl methyl sites for hydroxylation is 2. The molecule has 0 heterocycles. The molecule has 5 heteroatoms. The van der Waals surface area contributed by atoms with Gasteiger partial charge >= 0.3 is 6.09 Å². The molecule has 2 aromatic carbocycles. The molecule has 2 amide bonds. The fourth-order valence-corrected chi connectivity index (χ4v) is 2.30. The topological polar surface area (TPSA) is 67.4 Å². The zero-order chi connectivity index (χ0) is 17.5. The van der Waals surface area contributed by atoms with Crippen LogP contribution in [0.5, 0.6) is 0 Å². The summed E-state index contributed by atoms with van der Waals surface area (Å²) in [4.78, 5) is 23.9. The molecule has 0 radical (unpaired) electrons. The van der Waals surface area contributed by atoms with E-state index >= 15 is 0 Å². The Morgan fingerprint density at radius 2 is 1.67 bits per heavy atom. The maximum atomic E-state index is 12.2. The first-order chi connectivity index (χ1) is 11.4. The fraction of sp³-hybridized carbons (Fsp3) is 0.263. The first kappa shape index (κ1) is 17.5. The molecule has 0 bridgehead atoms. The quantitative estimate of drug-likeness (QED) is 0.883. The van der Waals surface area contributed by atoms with E-state index in [-0.39, 0.29) is 12.5 Å². The van der Waals surface area contributed by atoms with Crippen molar-refractivity contribution in [3.63, 3.8) is 0 Å². The highest BCUT2D eigenvalue weighted by Crippen LogP contribution is 2.14. The van der Waals surface area contributed by atoms with E-state index in [0.29, 0.717) is 5.69 Å². The number of hydrogen-bond donors (Lipinski definition) is 2. The SMILES string of the molecule is Cc1cc(C)cc(NC(=O)[C@@H](C)NC(=O)OCc2ccccc2)c1. The second-order valence-electron chi connectivity index (χ2n) is 5.79. The number of hydrogen-bond acceptors (Lipinski definition) is 3. The number of amides is 2. The number of carbonyl (C=O) groups excluding carboxylic acids is 2. The Morgan fingerprint density at radius 1 is 1.04 bits per heavy atom. The van der Waals surface area contributed by atoms with Gasteiger partial charge in [0.2, 0.25) is 5.91 Å². The molecule has 0 unspecified atom stereocenters. The van der Waals surface area contributed by atoms with E-state index in [4.69, 9.17) is 4.74 Å². The van der Waals surface area contributed by atoms with Crippen molar-refractivity contribution in [1.82, 2.24) is 5.32 Å². The van der Waals surface area contributed by atoms with Crippen molar-refractivity contribution in [1.29, 1.82) is 0 Å².